The van der Waals surface area contributed by atoms with Crippen molar-refractivity contribution in [1.29, 1.82) is 0 Å². The first-order valence-electron chi connectivity index (χ1n) is 7.56. The Morgan fingerprint density at radius 2 is 1.80 bits per heavy atom. The van der Waals surface area contributed by atoms with Crippen LogP contribution in [0.1, 0.15) is 6.92 Å². The van der Waals surface area contributed by atoms with Crippen LogP contribution in [0, 0.1) is 0 Å². The summed E-state index contributed by atoms with van der Waals surface area (Å²) in [7, 11) is 0. The van der Waals surface area contributed by atoms with Gasteiger partial charge in [-0.05, 0) is 37.3 Å². The number of para-hydroxylation sites is 2. The van der Waals surface area contributed by atoms with Crippen LogP contribution in [0.5, 0.6) is 5.75 Å². The molecule has 2 amide bonds. The van der Waals surface area contributed by atoms with E-state index in [1.54, 1.807) is 36.4 Å². The molecule has 0 spiro atoms. The first-order chi connectivity index (χ1) is 12.0. The number of carbonyl (C=O) groups is 2. The van der Waals surface area contributed by atoms with Gasteiger partial charge in [0.2, 0.25) is 0 Å². The van der Waals surface area contributed by atoms with Crippen LogP contribution in [0.25, 0.3) is 0 Å². The number of benzene rings is 2. The van der Waals surface area contributed by atoms with Gasteiger partial charge in [-0.15, -0.1) is 0 Å². The van der Waals surface area contributed by atoms with Gasteiger partial charge in [0.25, 0.3) is 11.8 Å². The van der Waals surface area contributed by atoms with Crippen LogP contribution in [0.2, 0.25) is 5.02 Å². The second-order valence-corrected chi connectivity index (χ2v) is 5.98. The van der Waals surface area contributed by atoms with Gasteiger partial charge in [-0.2, -0.15) is 0 Å². The molecule has 1 aliphatic rings. The van der Waals surface area contributed by atoms with E-state index in [1.807, 2.05) is 13.0 Å². The zero-order valence-electron chi connectivity index (χ0n) is 13.3. The highest BCUT2D eigenvalue weighted by molar-refractivity contribution is 6.53. The van der Waals surface area contributed by atoms with Crippen LogP contribution in [0.4, 0.5) is 11.4 Å². The van der Waals surface area contributed by atoms with Crippen molar-refractivity contribution in [1.82, 2.24) is 0 Å². The van der Waals surface area contributed by atoms with Gasteiger partial charge in [-0.3, -0.25) is 9.59 Å². The van der Waals surface area contributed by atoms with Gasteiger partial charge < -0.3 is 10.1 Å². The van der Waals surface area contributed by atoms with Crippen molar-refractivity contribution >= 4 is 46.4 Å². The van der Waals surface area contributed by atoms with Gasteiger partial charge in [0.15, 0.2) is 0 Å². The van der Waals surface area contributed by atoms with Crippen molar-refractivity contribution in [2.75, 3.05) is 16.8 Å². The van der Waals surface area contributed by atoms with E-state index in [4.69, 9.17) is 27.9 Å². The monoisotopic (exact) mass is 376 g/mol. The number of hydrogen-bond acceptors (Lipinski definition) is 4. The number of carbonyl (C=O) groups excluding carboxylic acids is 2. The molecule has 25 heavy (non-hydrogen) atoms. The fraction of sp³-hybridized carbons (Fsp3) is 0.111. The fourth-order valence-corrected chi connectivity index (χ4v) is 2.84. The zero-order valence-corrected chi connectivity index (χ0v) is 14.8. The van der Waals surface area contributed by atoms with Crippen molar-refractivity contribution in [2.24, 2.45) is 0 Å². The largest absolute Gasteiger partial charge is 0.492 e. The number of amides is 2. The Hall–Kier alpha value is -2.50. The highest BCUT2D eigenvalue weighted by atomic mass is 35.5. The minimum atomic E-state index is -0.606. The van der Waals surface area contributed by atoms with Crippen LogP contribution >= 0.6 is 23.2 Å². The minimum Gasteiger partial charge on any atom is -0.492 e. The van der Waals surface area contributed by atoms with Gasteiger partial charge in [0, 0.05) is 5.02 Å². The lowest BCUT2D eigenvalue weighted by molar-refractivity contribution is -0.120. The molecule has 0 aromatic heterocycles. The molecule has 1 aliphatic heterocycles. The third-order valence-electron chi connectivity index (χ3n) is 3.54. The van der Waals surface area contributed by atoms with E-state index in [2.05, 4.69) is 5.32 Å². The number of nitrogens with one attached hydrogen (secondary N) is 1. The third kappa shape index (κ3) is 3.34. The lowest BCUT2D eigenvalue weighted by Gasteiger charge is -2.16. The predicted molar refractivity (Wildman–Crippen MR) is 98.1 cm³/mol. The quantitative estimate of drug-likeness (QED) is 0.795. The summed E-state index contributed by atoms with van der Waals surface area (Å²) in [5.74, 6) is -0.600. The molecule has 0 saturated heterocycles. The van der Waals surface area contributed by atoms with E-state index >= 15 is 0 Å². The molecule has 2 aromatic rings. The Morgan fingerprint density at radius 3 is 2.52 bits per heavy atom. The fourth-order valence-electron chi connectivity index (χ4n) is 2.45. The lowest BCUT2D eigenvalue weighted by atomic mass is 10.2. The second kappa shape index (κ2) is 7.17. The van der Waals surface area contributed by atoms with Gasteiger partial charge in [-0.25, -0.2) is 4.90 Å². The van der Waals surface area contributed by atoms with E-state index < -0.39 is 11.8 Å². The molecule has 128 valence electrons. The summed E-state index contributed by atoms with van der Waals surface area (Å²) in [6.07, 6.45) is 0. The van der Waals surface area contributed by atoms with Crippen molar-refractivity contribution in [3.8, 4) is 5.75 Å². The van der Waals surface area contributed by atoms with E-state index in [1.165, 1.54) is 6.07 Å². The van der Waals surface area contributed by atoms with E-state index in [0.717, 1.165) is 4.90 Å². The molecule has 0 radical (unpaired) electrons. The molecule has 0 fully saturated rings. The summed E-state index contributed by atoms with van der Waals surface area (Å²) in [4.78, 5) is 26.2. The van der Waals surface area contributed by atoms with E-state index in [0.29, 0.717) is 28.8 Å². The molecule has 1 heterocycles. The van der Waals surface area contributed by atoms with E-state index in [-0.39, 0.29) is 10.7 Å². The van der Waals surface area contributed by atoms with Crippen molar-refractivity contribution in [2.45, 2.75) is 6.92 Å². The summed E-state index contributed by atoms with van der Waals surface area (Å²) < 4.78 is 5.52. The Kier molecular flexibility index (Phi) is 4.97. The Balaban J connectivity index is 1.93. The third-order valence-corrected chi connectivity index (χ3v) is 4.13. The number of imide groups is 1. The van der Waals surface area contributed by atoms with Crippen molar-refractivity contribution < 1.29 is 14.3 Å². The topological polar surface area (TPSA) is 58.6 Å². The summed E-state index contributed by atoms with van der Waals surface area (Å²) in [6.45, 7) is 2.32. The number of ether oxygens (including phenoxy) is 1. The standard InChI is InChI=1S/C18H14Cl2N2O3/c1-2-25-14-9-4-3-8-13(14)21-16-15(20)17(23)22(18(16)24)12-7-5-6-11(19)10-12/h3-10,21H,2H2,1H3. The van der Waals surface area contributed by atoms with Crippen molar-refractivity contribution in [3.05, 3.63) is 64.3 Å². The van der Waals surface area contributed by atoms with Gasteiger partial charge in [0.1, 0.15) is 16.5 Å². The van der Waals surface area contributed by atoms with Crippen LogP contribution < -0.4 is 15.0 Å². The smallest absolute Gasteiger partial charge is 0.283 e. The molecule has 0 saturated carbocycles. The van der Waals surface area contributed by atoms with Gasteiger partial charge >= 0.3 is 0 Å². The van der Waals surface area contributed by atoms with Gasteiger partial charge in [-0.1, -0.05) is 41.4 Å². The van der Waals surface area contributed by atoms with Crippen LogP contribution in [-0.4, -0.2) is 18.4 Å². The first-order valence-corrected chi connectivity index (χ1v) is 8.31. The summed E-state index contributed by atoms with van der Waals surface area (Å²) in [5.41, 5.74) is 0.904. The normalized spacial score (nSPS) is 14.3. The average Bonchev–Trinajstić information content (AvgIpc) is 2.80. The first kappa shape index (κ1) is 17.3. The maximum Gasteiger partial charge on any atom is 0.283 e. The Labute approximate surface area is 154 Å². The number of hydrogen-bond donors (Lipinski definition) is 1. The number of nitrogens with zero attached hydrogens (tertiary/aromatic N) is 1. The molecule has 0 atom stereocenters. The average molecular weight is 377 g/mol. The summed E-state index contributed by atoms with van der Waals surface area (Å²) in [6, 6.07) is 13.5. The highest BCUT2D eigenvalue weighted by Gasteiger charge is 2.39. The number of rotatable bonds is 5. The SMILES string of the molecule is CCOc1ccccc1NC1=C(Cl)C(=O)N(c2cccc(Cl)c2)C1=O. The zero-order chi connectivity index (χ0) is 18.0. The number of halogens is 2. The highest BCUT2D eigenvalue weighted by Crippen LogP contribution is 2.33. The molecule has 5 nitrogen and oxygen atoms in total. The molecule has 1 N–H and O–H groups in total. The Bertz CT molecular complexity index is 880. The van der Waals surface area contributed by atoms with Crippen LogP contribution in [0.3, 0.4) is 0 Å². The molecular weight excluding hydrogens is 363 g/mol. The summed E-state index contributed by atoms with van der Waals surface area (Å²) in [5, 5.41) is 3.15. The molecule has 0 bridgehead atoms. The van der Waals surface area contributed by atoms with Gasteiger partial charge in [0.05, 0.1) is 18.0 Å². The molecular formula is C18H14Cl2N2O3. The predicted octanol–water partition coefficient (Wildman–Crippen LogP) is 4.17. The van der Waals surface area contributed by atoms with Crippen molar-refractivity contribution in [3.63, 3.8) is 0 Å². The molecule has 7 heteroatoms. The van der Waals surface area contributed by atoms with E-state index in [9.17, 15) is 9.59 Å². The maximum atomic E-state index is 12.7. The molecule has 0 aliphatic carbocycles. The second-order valence-electron chi connectivity index (χ2n) is 5.17. The Morgan fingerprint density at radius 1 is 1.04 bits per heavy atom. The molecule has 2 aromatic carbocycles. The summed E-state index contributed by atoms with van der Waals surface area (Å²) >= 11 is 12.1. The molecule has 3 rings (SSSR count). The van der Waals surface area contributed by atoms with Crippen LogP contribution in [-0.2, 0) is 9.59 Å². The number of anilines is 2. The minimum absolute atomic E-state index is 0.00112. The molecule has 0 unspecified atom stereocenters. The maximum absolute atomic E-state index is 12.7. The van der Waals surface area contributed by atoms with Crippen LogP contribution in [0.15, 0.2) is 59.3 Å². The lowest BCUT2D eigenvalue weighted by Crippen LogP contribution is -2.32.